The second-order valence-corrected chi connectivity index (χ2v) is 9.33. The Morgan fingerprint density at radius 2 is 1.75 bits per heavy atom. The lowest BCUT2D eigenvalue weighted by molar-refractivity contribution is -0.145. The zero-order chi connectivity index (χ0) is 23.1. The third kappa shape index (κ3) is 6.08. The van der Waals surface area contributed by atoms with E-state index in [1.54, 1.807) is 12.1 Å². The Kier molecular flexibility index (Phi) is 7.87. The van der Waals surface area contributed by atoms with Gasteiger partial charge in [0, 0.05) is 6.54 Å². The highest BCUT2D eigenvalue weighted by Crippen LogP contribution is 2.28. The lowest BCUT2D eigenvalue weighted by Gasteiger charge is -2.22. The van der Waals surface area contributed by atoms with Crippen LogP contribution in [0.15, 0.2) is 59.5 Å². The molecule has 2 aromatic carbocycles. The number of methoxy groups -OCH3 is 1. The average Bonchev–Trinajstić information content (AvgIpc) is 3.22. The summed E-state index contributed by atoms with van der Waals surface area (Å²) < 4.78 is 40.1. The molecule has 2 atom stereocenters. The SMILES string of the molecule is COC(=O)[C@@H]1C[C@H](CCOS(=O)(=O)c2ccc(C)cc2)CN1C(=O)OCc1ccccc1. The van der Waals surface area contributed by atoms with Gasteiger partial charge in [-0.2, -0.15) is 8.42 Å². The Hall–Kier alpha value is -2.91. The zero-order valence-electron chi connectivity index (χ0n) is 18.1. The number of hydrogen-bond acceptors (Lipinski definition) is 7. The van der Waals surface area contributed by atoms with E-state index in [1.807, 2.05) is 37.3 Å². The third-order valence-corrected chi connectivity index (χ3v) is 6.70. The van der Waals surface area contributed by atoms with Crippen LogP contribution in [0.1, 0.15) is 24.0 Å². The van der Waals surface area contributed by atoms with Crippen molar-refractivity contribution >= 4 is 22.2 Å². The summed E-state index contributed by atoms with van der Waals surface area (Å²) in [5.74, 6) is -0.658. The number of carbonyl (C=O) groups excluding carboxylic acids is 2. The fourth-order valence-electron chi connectivity index (χ4n) is 3.59. The van der Waals surface area contributed by atoms with Gasteiger partial charge in [0.2, 0.25) is 0 Å². The molecular formula is C23H27NO7S. The van der Waals surface area contributed by atoms with Crippen molar-refractivity contribution in [1.29, 1.82) is 0 Å². The Labute approximate surface area is 188 Å². The van der Waals surface area contributed by atoms with Gasteiger partial charge in [-0.3, -0.25) is 9.08 Å². The summed E-state index contributed by atoms with van der Waals surface area (Å²) >= 11 is 0. The maximum atomic E-state index is 12.6. The molecule has 1 saturated heterocycles. The molecular weight excluding hydrogens is 434 g/mol. The van der Waals surface area contributed by atoms with Gasteiger partial charge >= 0.3 is 12.1 Å². The Bertz CT molecular complexity index is 1020. The maximum Gasteiger partial charge on any atom is 0.410 e. The van der Waals surface area contributed by atoms with Crippen LogP contribution < -0.4 is 0 Å². The molecule has 8 nitrogen and oxygen atoms in total. The third-order valence-electron chi connectivity index (χ3n) is 5.37. The minimum absolute atomic E-state index is 0.0539. The number of aryl methyl sites for hydroxylation is 1. The van der Waals surface area contributed by atoms with Crippen LogP contribution >= 0.6 is 0 Å². The van der Waals surface area contributed by atoms with E-state index < -0.39 is 28.2 Å². The molecule has 3 rings (SSSR count). The van der Waals surface area contributed by atoms with Crippen LogP contribution in [0.25, 0.3) is 0 Å². The number of esters is 1. The van der Waals surface area contributed by atoms with Crippen molar-refractivity contribution in [3.05, 3.63) is 65.7 Å². The molecule has 2 aromatic rings. The van der Waals surface area contributed by atoms with Crippen LogP contribution in [0.2, 0.25) is 0 Å². The van der Waals surface area contributed by atoms with E-state index in [-0.39, 0.29) is 30.6 Å². The first-order valence-corrected chi connectivity index (χ1v) is 11.7. The molecule has 1 aliphatic rings. The van der Waals surface area contributed by atoms with Crippen molar-refractivity contribution in [3.63, 3.8) is 0 Å². The first-order chi connectivity index (χ1) is 15.3. The smallest absolute Gasteiger partial charge is 0.410 e. The van der Waals surface area contributed by atoms with Gasteiger partial charge in [-0.1, -0.05) is 48.0 Å². The summed E-state index contributed by atoms with van der Waals surface area (Å²) in [6, 6.07) is 14.9. The monoisotopic (exact) mass is 461 g/mol. The lowest BCUT2D eigenvalue weighted by Crippen LogP contribution is -2.41. The summed E-state index contributed by atoms with van der Waals surface area (Å²) in [5.41, 5.74) is 1.78. The van der Waals surface area contributed by atoms with Gasteiger partial charge in [-0.25, -0.2) is 9.59 Å². The maximum absolute atomic E-state index is 12.6. The molecule has 1 fully saturated rings. The summed E-state index contributed by atoms with van der Waals surface area (Å²) in [6.45, 7) is 2.15. The van der Waals surface area contributed by atoms with E-state index in [4.69, 9.17) is 13.7 Å². The van der Waals surface area contributed by atoms with Gasteiger partial charge in [-0.05, 0) is 43.4 Å². The molecule has 0 unspecified atom stereocenters. The molecule has 9 heteroatoms. The number of nitrogens with zero attached hydrogens (tertiary/aromatic N) is 1. The molecule has 0 N–H and O–H groups in total. The Morgan fingerprint density at radius 1 is 1.06 bits per heavy atom. The van der Waals surface area contributed by atoms with Crippen LogP contribution in [0, 0.1) is 12.8 Å². The van der Waals surface area contributed by atoms with Crippen molar-refractivity contribution in [2.75, 3.05) is 20.3 Å². The second-order valence-electron chi connectivity index (χ2n) is 7.71. The number of hydrogen-bond donors (Lipinski definition) is 0. The molecule has 172 valence electrons. The number of amides is 1. The highest BCUT2D eigenvalue weighted by Gasteiger charge is 2.41. The molecule has 0 radical (unpaired) electrons. The number of likely N-dealkylation sites (tertiary alicyclic amines) is 1. The standard InChI is InChI=1S/C23H27NO7S/c1-17-8-10-20(11-9-17)32(27,28)31-13-12-19-14-21(22(25)29-2)24(15-19)23(26)30-16-18-6-4-3-5-7-18/h3-11,19,21H,12-16H2,1-2H3/t19-,21-/m0/s1. The van der Waals surface area contributed by atoms with Crippen molar-refractivity contribution in [2.24, 2.45) is 5.92 Å². The molecule has 1 amide bonds. The summed E-state index contributed by atoms with van der Waals surface area (Å²) in [5, 5.41) is 0. The molecule has 1 aliphatic heterocycles. The molecule has 0 saturated carbocycles. The normalized spacial score (nSPS) is 18.4. The molecule has 1 heterocycles. The summed E-state index contributed by atoms with van der Waals surface area (Å²) in [4.78, 5) is 26.2. The van der Waals surface area contributed by atoms with Gasteiger partial charge in [-0.15, -0.1) is 0 Å². The number of carbonyl (C=O) groups is 2. The first kappa shape index (κ1) is 23.7. The second kappa shape index (κ2) is 10.6. The van der Waals surface area contributed by atoms with E-state index in [0.29, 0.717) is 12.8 Å². The Balaban J connectivity index is 1.56. The Morgan fingerprint density at radius 3 is 2.41 bits per heavy atom. The molecule has 0 bridgehead atoms. The largest absolute Gasteiger partial charge is 0.467 e. The van der Waals surface area contributed by atoms with Crippen molar-refractivity contribution in [1.82, 2.24) is 4.90 Å². The van der Waals surface area contributed by atoms with Crippen LogP contribution in [0.3, 0.4) is 0 Å². The zero-order valence-corrected chi connectivity index (χ0v) is 18.9. The van der Waals surface area contributed by atoms with Crippen LogP contribution in [0.4, 0.5) is 4.79 Å². The van der Waals surface area contributed by atoms with E-state index in [2.05, 4.69) is 0 Å². The van der Waals surface area contributed by atoms with Crippen molar-refractivity contribution in [3.8, 4) is 0 Å². The molecule has 0 spiro atoms. The quantitative estimate of drug-likeness (QED) is 0.439. The van der Waals surface area contributed by atoms with Crippen LogP contribution in [-0.4, -0.2) is 51.7 Å². The molecule has 0 aromatic heterocycles. The van der Waals surface area contributed by atoms with Crippen LogP contribution in [-0.2, 0) is 35.2 Å². The lowest BCUT2D eigenvalue weighted by atomic mass is 10.0. The van der Waals surface area contributed by atoms with Gasteiger partial charge < -0.3 is 9.47 Å². The first-order valence-electron chi connectivity index (χ1n) is 10.3. The predicted molar refractivity (Wildman–Crippen MR) is 116 cm³/mol. The highest BCUT2D eigenvalue weighted by atomic mass is 32.2. The summed E-state index contributed by atoms with van der Waals surface area (Å²) in [6.07, 6.45) is 0.0993. The van der Waals surface area contributed by atoms with Crippen molar-refractivity contribution in [2.45, 2.75) is 37.3 Å². The average molecular weight is 462 g/mol. The van der Waals surface area contributed by atoms with Gasteiger partial charge in [0.1, 0.15) is 12.6 Å². The van der Waals surface area contributed by atoms with E-state index in [0.717, 1.165) is 11.1 Å². The van der Waals surface area contributed by atoms with E-state index in [9.17, 15) is 18.0 Å². The van der Waals surface area contributed by atoms with Gasteiger partial charge in [0.15, 0.2) is 0 Å². The number of rotatable bonds is 8. The van der Waals surface area contributed by atoms with Crippen LogP contribution in [0.5, 0.6) is 0 Å². The minimum Gasteiger partial charge on any atom is -0.467 e. The fraction of sp³-hybridized carbons (Fsp3) is 0.391. The van der Waals surface area contributed by atoms with Gasteiger partial charge in [0.05, 0.1) is 18.6 Å². The fourth-order valence-corrected chi connectivity index (χ4v) is 4.51. The van der Waals surface area contributed by atoms with E-state index >= 15 is 0 Å². The summed E-state index contributed by atoms with van der Waals surface area (Å²) in [7, 11) is -2.60. The van der Waals surface area contributed by atoms with Crippen molar-refractivity contribution < 1.29 is 31.7 Å². The predicted octanol–water partition coefficient (Wildman–Crippen LogP) is 3.29. The minimum atomic E-state index is -3.87. The number of ether oxygens (including phenoxy) is 2. The molecule has 0 aliphatic carbocycles. The molecule has 32 heavy (non-hydrogen) atoms. The van der Waals surface area contributed by atoms with E-state index in [1.165, 1.54) is 24.1 Å². The topological polar surface area (TPSA) is 99.2 Å². The highest BCUT2D eigenvalue weighted by molar-refractivity contribution is 7.86. The number of benzene rings is 2. The van der Waals surface area contributed by atoms with Gasteiger partial charge in [0.25, 0.3) is 10.1 Å².